The number of nitrogens with zero attached hydrogens (tertiary/aromatic N) is 1. The zero-order valence-corrected chi connectivity index (χ0v) is 12.3. The van der Waals surface area contributed by atoms with Crippen molar-refractivity contribution in [3.05, 3.63) is 24.0 Å². The molecule has 1 aliphatic rings. The van der Waals surface area contributed by atoms with Crippen LogP contribution in [0.1, 0.15) is 0 Å². The molecule has 4 nitrogen and oxygen atoms in total. The van der Waals surface area contributed by atoms with E-state index in [1.165, 1.54) is 18.2 Å². The second kappa shape index (κ2) is 5.14. The van der Waals surface area contributed by atoms with Gasteiger partial charge in [0.1, 0.15) is 5.82 Å². The second-order valence-electron chi connectivity index (χ2n) is 4.23. The van der Waals surface area contributed by atoms with Crippen molar-refractivity contribution in [1.29, 1.82) is 0 Å². The Balaban J connectivity index is 2.49. The molecule has 1 saturated heterocycles. The molecule has 100 valence electrons. The Bertz CT molecular complexity index is 550. The van der Waals surface area contributed by atoms with Crippen molar-refractivity contribution < 1.29 is 12.8 Å². The molecule has 1 atom stereocenters. The maximum absolute atomic E-state index is 14.0. The Kier molecular flexibility index (Phi) is 3.93. The van der Waals surface area contributed by atoms with Crippen molar-refractivity contribution in [3.63, 3.8) is 0 Å². The van der Waals surface area contributed by atoms with Crippen LogP contribution in [0.25, 0.3) is 0 Å². The number of nitrogens with one attached hydrogen (secondary N) is 1. The zero-order valence-electron chi connectivity index (χ0n) is 9.86. The third kappa shape index (κ3) is 2.84. The monoisotopic (exact) mass is 336 g/mol. The van der Waals surface area contributed by atoms with Crippen LogP contribution in [0.4, 0.5) is 10.1 Å². The molecule has 0 amide bonds. The van der Waals surface area contributed by atoms with E-state index in [9.17, 15) is 12.8 Å². The van der Waals surface area contributed by atoms with Crippen LogP contribution in [0.15, 0.2) is 23.1 Å². The summed E-state index contributed by atoms with van der Waals surface area (Å²) >= 11 is 3.40. The minimum absolute atomic E-state index is 0.0262. The van der Waals surface area contributed by atoms with Gasteiger partial charge in [-0.1, -0.05) is 22.0 Å². The molecule has 1 heterocycles. The Morgan fingerprint density at radius 1 is 1.50 bits per heavy atom. The summed E-state index contributed by atoms with van der Waals surface area (Å²) in [6.45, 7) is 1.77. The summed E-state index contributed by atoms with van der Waals surface area (Å²) < 4.78 is 37.4. The Morgan fingerprint density at radius 2 is 2.22 bits per heavy atom. The van der Waals surface area contributed by atoms with Gasteiger partial charge in [0.25, 0.3) is 0 Å². The highest BCUT2D eigenvalue weighted by Gasteiger charge is 2.25. The molecule has 2 rings (SSSR count). The number of rotatable bonds is 2. The first-order valence-corrected chi connectivity index (χ1v) is 8.31. The fourth-order valence-electron chi connectivity index (χ4n) is 2.01. The number of alkyl halides is 1. The van der Waals surface area contributed by atoms with Gasteiger partial charge in [-0.3, -0.25) is 0 Å². The van der Waals surface area contributed by atoms with Crippen LogP contribution in [0.3, 0.4) is 0 Å². The summed E-state index contributed by atoms with van der Waals surface area (Å²) in [5, 5.41) is 3.16. The molecule has 1 aliphatic heterocycles. The molecule has 1 aromatic rings. The lowest BCUT2D eigenvalue weighted by Gasteiger charge is -2.33. The summed E-state index contributed by atoms with van der Waals surface area (Å²) in [7, 11) is -3.44. The molecule has 1 aromatic carbocycles. The van der Waals surface area contributed by atoms with Gasteiger partial charge < -0.3 is 10.2 Å². The second-order valence-corrected chi connectivity index (χ2v) is 7.32. The van der Waals surface area contributed by atoms with Gasteiger partial charge in [0, 0.05) is 25.9 Å². The summed E-state index contributed by atoms with van der Waals surface area (Å²) in [5.74, 6) is -0.500. The van der Waals surface area contributed by atoms with Crippen LogP contribution in [-0.2, 0) is 9.84 Å². The van der Waals surface area contributed by atoms with Crippen molar-refractivity contribution in [3.8, 4) is 0 Å². The van der Waals surface area contributed by atoms with Gasteiger partial charge in [-0.2, -0.15) is 0 Å². The van der Waals surface area contributed by atoms with Gasteiger partial charge in [0.15, 0.2) is 9.84 Å². The largest absolute Gasteiger partial charge is 0.364 e. The summed E-state index contributed by atoms with van der Waals surface area (Å²) in [5.41, 5.74) is 0.172. The average molecular weight is 337 g/mol. The molecule has 0 aliphatic carbocycles. The normalized spacial score (nSPS) is 21.1. The van der Waals surface area contributed by atoms with Crippen LogP contribution in [0.5, 0.6) is 0 Å². The van der Waals surface area contributed by atoms with Crippen molar-refractivity contribution >= 4 is 31.5 Å². The number of halogens is 2. The van der Waals surface area contributed by atoms with E-state index in [0.717, 1.165) is 6.26 Å². The lowest BCUT2D eigenvalue weighted by Crippen LogP contribution is -2.48. The molecule has 0 bridgehead atoms. The molecule has 0 saturated carbocycles. The molecule has 0 radical (unpaired) electrons. The first-order valence-electron chi connectivity index (χ1n) is 5.50. The molecule has 1 N–H and O–H groups in total. The van der Waals surface area contributed by atoms with E-state index >= 15 is 0 Å². The van der Waals surface area contributed by atoms with Gasteiger partial charge in [0.05, 0.1) is 15.5 Å². The summed E-state index contributed by atoms with van der Waals surface area (Å²) in [6, 6.07) is 4.15. The van der Waals surface area contributed by atoms with Crippen LogP contribution in [-0.4, -0.2) is 39.3 Å². The van der Waals surface area contributed by atoms with E-state index in [2.05, 4.69) is 21.2 Å². The third-order valence-corrected chi connectivity index (χ3v) is 4.54. The Morgan fingerprint density at radius 3 is 2.83 bits per heavy atom. The topological polar surface area (TPSA) is 49.4 Å². The van der Waals surface area contributed by atoms with Crippen LogP contribution in [0, 0.1) is 5.82 Å². The smallest absolute Gasteiger partial charge is 0.177 e. The molecule has 0 aromatic heterocycles. The number of hydrogen-bond donors (Lipinski definition) is 1. The molecule has 0 spiro atoms. The molecular formula is C11H14BrFN2O2S. The summed E-state index contributed by atoms with van der Waals surface area (Å²) in [4.78, 5) is 1.82. The van der Waals surface area contributed by atoms with E-state index in [0.29, 0.717) is 19.6 Å². The van der Waals surface area contributed by atoms with Crippen LogP contribution >= 0.6 is 15.9 Å². The van der Waals surface area contributed by atoms with E-state index in [-0.39, 0.29) is 15.5 Å². The summed E-state index contributed by atoms with van der Waals surface area (Å²) in [6.07, 6.45) is 1.10. The zero-order chi connectivity index (χ0) is 13.3. The van der Waals surface area contributed by atoms with E-state index in [1.807, 2.05) is 0 Å². The van der Waals surface area contributed by atoms with Crippen molar-refractivity contribution in [1.82, 2.24) is 5.32 Å². The highest BCUT2D eigenvalue weighted by molar-refractivity contribution is 9.09. The number of piperazine rings is 1. The van der Waals surface area contributed by atoms with Crippen molar-refractivity contribution in [2.75, 3.05) is 30.8 Å². The average Bonchev–Trinajstić information content (AvgIpc) is 2.27. The number of para-hydroxylation sites is 1. The van der Waals surface area contributed by atoms with Gasteiger partial charge in [-0.05, 0) is 12.1 Å². The quantitative estimate of drug-likeness (QED) is 0.654. The molecule has 7 heteroatoms. The predicted molar refractivity (Wildman–Crippen MR) is 72.4 cm³/mol. The lowest BCUT2D eigenvalue weighted by atomic mass is 10.2. The SMILES string of the molecule is CS(=O)(=O)c1cccc(F)c1N1CCNC(Br)C1. The van der Waals surface area contributed by atoms with Gasteiger partial charge in [-0.25, -0.2) is 12.8 Å². The highest BCUT2D eigenvalue weighted by atomic mass is 79.9. The fraction of sp³-hybridized carbons (Fsp3) is 0.455. The molecule has 1 unspecified atom stereocenters. The van der Waals surface area contributed by atoms with Crippen molar-refractivity contribution in [2.24, 2.45) is 0 Å². The van der Waals surface area contributed by atoms with Gasteiger partial charge in [-0.15, -0.1) is 0 Å². The van der Waals surface area contributed by atoms with Gasteiger partial charge >= 0.3 is 0 Å². The number of sulfone groups is 1. The minimum atomic E-state index is -3.44. The van der Waals surface area contributed by atoms with E-state index in [4.69, 9.17) is 0 Å². The molecule has 18 heavy (non-hydrogen) atoms. The number of benzene rings is 1. The fourth-order valence-corrected chi connectivity index (χ4v) is 3.49. The lowest BCUT2D eigenvalue weighted by molar-refractivity contribution is 0.542. The van der Waals surface area contributed by atoms with Crippen LogP contribution in [0.2, 0.25) is 0 Å². The predicted octanol–water partition coefficient (Wildman–Crippen LogP) is 1.36. The van der Waals surface area contributed by atoms with Crippen LogP contribution < -0.4 is 10.2 Å². The standard InChI is InChI=1S/C11H14BrFN2O2S/c1-18(16,17)9-4-2-3-8(13)11(9)15-6-5-14-10(12)7-15/h2-4,10,14H,5-7H2,1H3. The minimum Gasteiger partial charge on any atom is -0.364 e. The maximum Gasteiger partial charge on any atom is 0.177 e. The van der Waals surface area contributed by atoms with Crippen molar-refractivity contribution in [2.45, 2.75) is 9.85 Å². The van der Waals surface area contributed by atoms with Gasteiger partial charge in [0.2, 0.25) is 0 Å². The Labute approximate surface area is 114 Å². The van der Waals surface area contributed by atoms with E-state index in [1.54, 1.807) is 4.90 Å². The molecule has 1 fully saturated rings. The first kappa shape index (κ1) is 13.8. The third-order valence-electron chi connectivity index (χ3n) is 2.79. The van der Waals surface area contributed by atoms with E-state index < -0.39 is 15.7 Å². The number of hydrogen-bond acceptors (Lipinski definition) is 4. The molecular weight excluding hydrogens is 323 g/mol. The highest BCUT2D eigenvalue weighted by Crippen LogP contribution is 2.29. The first-order chi connectivity index (χ1) is 8.39. The number of anilines is 1. The Hall–Kier alpha value is -0.660. The maximum atomic E-state index is 14.0.